The van der Waals surface area contributed by atoms with Crippen molar-refractivity contribution >= 4 is 0 Å². The Labute approximate surface area is 120 Å². The van der Waals surface area contributed by atoms with E-state index in [0.717, 1.165) is 34.0 Å². The summed E-state index contributed by atoms with van der Waals surface area (Å²) in [7, 11) is 0. The molecule has 1 aromatic heterocycles. The van der Waals surface area contributed by atoms with E-state index in [0.29, 0.717) is 0 Å². The second-order valence-electron chi connectivity index (χ2n) is 5.47. The molecule has 1 unspecified atom stereocenters. The number of furan rings is 1. The van der Waals surface area contributed by atoms with Gasteiger partial charge in [0.25, 0.3) is 0 Å². The summed E-state index contributed by atoms with van der Waals surface area (Å²) >= 11 is 0. The summed E-state index contributed by atoms with van der Waals surface area (Å²) in [6.07, 6.45) is 0.176. The standard InChI is InChI=1S/C17H23NO2/c1-10(2)19-15-8-6-14(7-9-15)17(18)16-11(3)12(4)20-13(16)5/h6-10,17H,18H2,1-5H3. The molecule has 1 atom stereocenters. The second kappa shape index (κ2) is 5.71. The van der Waals surface area contributed by atoms with Crippen LogP contribution in [0.15, 0.2) is 28.7 Å². The Morgan fingerprint density at radius 2 is 1.60 bits per heavy atom. The first-order valence-corrected chi connectivity index (χ1v) is 6.98. The van der Waals surface area contributed by atoms with Gasteiger partial charge in [-0.2, -0.15) is 0 Å². The molecule has 0 bridgehead atoms. The van der Waals surface area contributed by atoms with Gasteiger partial charge in [0.05, 0.1) is 12.1 Å². The van der Waals surface area contributed by atoms with Crippen molar-refractivity contribution in [3.05, 3.63) is 52.5 Å². The number of nitrogens with two attached hydrogens (primary N) is 1. The zero-order valence-electron chi connectivity index (χ0n) is 12.9. The third kappa shape index (κ3) is 2.88. The lowest BCUT2D eigenvalue weighted by molar-refractivity contribution is 0.242. The Balaban J connectivity index is 2.27. The minimum absolute atomic E-state index is 0.166. The Morgan fingerprint density at radius 3 is 2.05 bits per heavy atom. The van der Waals surface area contributed by atoms with E-state index in [9.17, 15) is 0 Å². The highest BCUT2D eigenvalue weighted by atomic mass is 16.5. The van der Waals surface area contributed by atoms with Crippen LogP contribution in [0, 0.1) is 20.8 Å². The van der Waals surface area contributed by atoms with Crippen LogP contribution >= 0.6 is 0 Å². The molecule has 0 spiro atoms. The van der Waals surface area contributed by atoms with Crippen molar-refractivity contribution in [1.82, 2.24) is 0 Å². The first kappa shape index (κ1) is 14.7. The smallest absolute Gasteiger partial charge is 0.119 e. The average molecular weight is 273 g/mol. The van der Waals surface area contributed by atoms with E-state index in [4.69, 9.17) is 14.9 Å². The molecule has 0 saturated carbocycles. The predicted molar refractivity (Wildman–Crippen MR) is 81.2 cm³/mol. The van der Waals surface area contributed by atoms with Gasteiger partial charge in [0.2, 0.25) is 0 Å². The minimum Gasteiger partial charge on any atom is -0.491 e. The number of rotatable bonds is 4. The molecule has 0 saturated heterocycles. The van der Waals surface area contributed by atoms with E-state index in [-0.39, 0.29) is 12.1 Å². The van der Waals surface area contributed by atoms with E-state index in [2.05, 4.69) is 6.92 Å². The zero-order chi connectivity index (χ0) is 14.9. The minimum atomic E-state index is -0.166. The molecule has 1 heterocycles. The molecule has 0 aliphatic carbocycles. The van der Waals surface area contributed by atoms with Crippen LogP contribution in [0.4, 0.5) is 0 Å². The van der Waals surface area contributed by atoms with Gasteiger partial charge in [-0.1, -0.05) is 12.1 Å². The van der Waals surface area contributed by atoms with Crippen molar-refractivity contribution in [2.24, 2.45) is 5.73 Å². The van der Waals surface area contributed by atoms with Crippen LogP contribution in [-0.4, -0.2) is 6.10 Å². The monoisotopic (exact) mass is 273 g/mol. The van der Waals surface area contributed by atoms with Crippen molar-refractivity contribution in [2.75, 3.05) is 0 Å². The van der Waals surface area contributed by atoms with Crippen molar-refractivity contribution in [2.45, 2.75) is 46.8 Å². The fourth-order valence-electron chi connectivity index (χ4n) is 2.46. The maximum absolute atomic E-state index is 6.38. The Morgan fingerprint density at radius 1 is 1.00 bits per heavy atom. The normalized spacial score (nSPS) is 12.8. The Kier molecular flexibility index (Phi) is 4.19. The van der Waals surface area contributed by atoms with E-state index >= 15 is 0 Å². The lowest BCUT2D eigenvalue weighted by Crippen LogP contribution is -2.13. The molecule has 0 fully saturated rings. The first-order chi connectivity index (χ1) is 9.40. The topological polar surface area (TPSA) is 48.4 Å². The van der Waals surface area contributed by atoms with Gasteiger partial charge < -0.3 is 14.9 Å². The van der Waals surface area contributed by atoms with Gasteiger partial charge in [0.15, 0.2) is 0 Å². The van der Waals surface area contributed by atoms with Crippen LogP contribution in [-0.2, 0) is 0 Å². The molecule has 0 radical (unpaired) electrons. The Hall–Kier alpha value is -1.74. The summed E-state index contributed by atoms with van der Waals surface area (Å²) in [5.41, 5.74) is 9.66. The van der Waals surface area contributed by atoms with Crippen molar-refractivity contribution < 1.29 is 9.15 Å². The van der Waals surface area contributed by atoms with Crippen LogP contribution < -0.4 is 10.5 Å². The highest BCUT2D eigenvalue weighted by molar-refractivity contribution is 5.41. The van der Waals surface area contributed by atoms with Gasteiger partial charge in [-0.05, 0) is 57.9 Å². The van der Waals surface area contributed by atoms with Crippen molar-refractivity contribution in [3.63, 3.8) is 0 Å². The van der Waals surface area contributed by atoms with E-state index in [1.807, 2.05) is 52.0 Å². The molecular weight excluding hydrogens is 250 g/mol. The molecule has 2 rings (SSSR count). The molecule has 3 heteroatoms. The molecule has 20 heavy (non-hydrogen) atoms. The van der Waals surface area contributed by atoms with Gasteiger partial charge in [-0.15, -0.1) is 0 Å². The van der Waals surface area contributed by atoms with E-state index in [1.54, 1.807) is 0 Å². The maximum Gasteiger partial charge on any atom is 0.119 e. The zero-order valence-corrected chi connectivity index (χ0v) is 12.9. The van der Waals surface area contributed by atoms with E-state index < -0.39 is 0 Å². The summed E-state index contributed by atoms with van der Waals surface area (Å²) in [6.45, 7) is 10.0. The molecule has 3 nitrogen and oxygen atoms in total. The second-order valence-corrected chi connectivity index (χ2v) is 5.47. The molecule has 2 aromatic rings. The summed E-state index contributed by atoms with van der Waals surface area (Å²) < 4.78 is 11.3. The Bertz CT molecular complexity index is 582. The largest absolute Gasteiger partial charge is 0.491 e. The van der Waals surface area contributed by atoms with Crippen molar-refractivity contribution in [1.29, 1.82) is 0 Å². The highest BCUT2D eigenvalue weighted by Gasteiger charge is 2.19. The predicted octanol–water partition coefficient (Wildman–Crippen LogP) is 4.04. The lowest BCUT2D eigenvalue weighted by Gasteiger charge is -2.15. The van der Waals surface area contributed by atoms with Crippen LogP contribution in [0.5, 0.6) is 5.75 Å². The first-order valence-electron chi connectivity index (χ1n) is 6.98. The van der Waals surface area contributed by atoms with Crippen molar-refractivity contribution in [3.8, 4) is 5.75 Å². The lowest BCUT2D eigenvalue weighted by atomic mass is 9.96. The van der Waals surface area contributed by atoms with Crippen LogP contribution in [0.25, 0.3) is 0 Å². The van der Waals surface area contributed by atoms with Gasteiger partial charge in [-0.25, -0.2) is 0 Å². The molecule has 0 amide bonds. The van der Waals surface area contributed by atoms with Gasteiger partial charge in [0.1, 0.15) is 17.3 Å². The summed E-state index contributed by atoms with van der Waals surface area (Å²) in [4.78, 5) is 0. The molecule has 108 valence electrons. The number of hydrogen-bond donors (Lipinski definition) is 1. The third-order valence-corrected chi connectivity index (χ3v) is 3.54. The SMILES string of the molecule is Cc1oc(C)c(C(N)c2ccc(OC(C)C)cc2)c1C. The number of ether oxygens (including phenoxy) is 1. The van der Waals surface area contributed by atoms with E-state index in [1.165, 1.54) is 0 Å². The summed E-state index contributed by atoms with van der Waals surface area (Å²) in [5, 5.41) is 0. The molecule has 0 aliphatic rings. The quantitative estimate of drug-likeness (QED) is 0.914. The fraction of sp³-hybridized carbons (Fsp3) is 0.412. The van der Waals surface area contributed by atoms with Crippen LogP contribution in [0.3, 0.4) is 0 Å². The number of aryl methyl sites for hydroxylation is 2. The van der Waals surface area contributed by atoms with Gasteiger partial charge >= 0.3 is 0 Å². The molecule has 1 aromatic carbocycles. The molecular formula is C17H23NO2. The summed E-state index contributed by atoms with van der Waals surface area (Å²) in [6, 6.07) is 7.80. The molecule has 2 N–H and O–H groups in total. The molecule has 0 aliphatic heterocycles. The van der Waals surface area contributed by atoms with Crippen LogP contribution in [0.2, 0.25) is 0 Å². The van der Waals surface area contributed by atoms with Gasteiger partial charge in [-0.3, -0.25) is 0 Å². The average Bonchev–Trinajstić information content (AvgIpc) is 2.63. The third-order valence-electron chi connectivity index (χ3n) is 3.54. The van der Waals surface area contributed by atoms with Crippen LogP contribution in [0.1, 0.15) is 48.1 Å². The summed E-state index contributed by atoms with van der Waals surface area (Å²) in [5.74, 6) is 2.70. The number of hydrogen-bond acceptors (Lipinski definition) is 3. The number of benzene rings is 1. The maximum atomic E-state index is 6.38. The fourth-order valence-corrected chi connectivity index (χ4v) is 2.46. The van der Waals surface area contributed by atoms with Gasteiger partial charge in [0, 0.05) is 5.56 Å². The highest BCUT2D eigenvalue weighted by Crippen LogP contribution is 2.30.